The largest absolute Gasteiger partial charge is 0.508 e. The summed E-state index contributed by atoms with van der Waals surface area (Å²) in [6.45, 7) is 11.8. The molecule has 0 unspecified atom stereocenters. The molecule has 0 saturated heterocycles. The van der Waals surface area contributed by atoms with Crippen LogP contribution in [-0.2, 0) is 86.7 Å². The zero-order valence-electron chi connectivity index (χ0n) is 80.2. The van der Waals surface area contributed by atoms with E-state index in [1.165, 1.54) is 47.0 Å². The normalized spacial score (nSPS) is 15.3. The van der Waals surface area contributed by atoms with Gasteiger partial charge in [0.25, 0.3) is 0 Å². The first-order valence-electron chi connectivity index (χ1n) is 46.1. The molecule has 5 aliphatic carbocycles. The molecule has 3 amide bonds. The summed E-state index contributed by atoms with van der Waals surface area (Å²) >= 11 is 0. The number of carboxylic acids is 1. The van der Waals surface area contributed by atoms with Crippen LogP contribution in [0.2, 0.25) is 0 Å². The maximum absolute atomic E-state index is 12.7. The van der Waals surface area contributed by atoms with Crippen LogP contribution in [0.5, 0.6) is 11.5 Å². The van der Waals surface area contributed by atoms with E-state index in [0.29, 0.717) is 58.0 Å². The molecule has 37 heteroatoms. The Morgan fingerprint density at radius 1 is 0.375 bits per heavy atom. The molecule has 2 atom stereocenters. The summed E-state index contributed by atoms with van der Waals surface area (Å²) in [5.41, 5.74) is 14.5. The maximum atomic E-state index is 12.7. The van der Waals surface area contributed by atoms with E-state index < -0.39 is 24.1 Å². The van der Waals surface area contributed by atoms with Crippen LogP contribution in [0.1, 0.15) is 191 Å². The fourth-order valence-corrected chi connectivity index (χ4v) is 16.7. The highest BCUT2D eigenvalue weighted by molar-refractivity contribution is 5.96. The van der Waals surface area contributed by atoms with Crippen LogP contribution in [0.25, 0.3) is 67.5 Å². The van der Waals surface area contributed by atoms with Gasteiger partial charge in [0, 0.05) is 96.8 Å². The second-order valence-corrected chi connectivity index (χ2v) is 35.0. The lowest BCUT2D eigenvalue weighted by atomic mass is 9.87. The number of phenolic OH excluding ortho intramolecular Hbond substituents is 1. The van der Waals surface area contributed by atoms with Gasteiger partial charge in [0.15, 0.2) is 28.8 Å². The van der Waals surface area contributed by atoms with Crippen LogP contribution in [0, 0.1) is 33.6 Å². The number of aromatic hydroxyl groups is 1. The topological polar surface area (TPSA) is 419 Å². The number of rotatable bonds is 21. The first-order valence-corrected chi connectivity index (χ1v) is 46.1. The number of nitrogens with zero attached hydrogens (tertiary/aromatic N) is 21. The summed E-state index contributed by atoms with van der Waals surface area (Å²) in [4.78, 5) is 89.1. The maximum Gasteiger partial charge on any atom is 0.415 e. The Labute approximate surface area is 790 Å². The Hall–Kier alpha value is -14.6. The minimum atomic E-state index is -1.02. The van der Waals surface area contributed by atoms with Crippen LogP contribution >= 0.6 is 0 Å². The summed E-state index contributed by atoms with van der Waals surface area (Å²) in [6, 6.07) is 45.5. The molecule has 0 radical (unpaired) electrons. The first kappa shape index (κ1) is 100. The number of hydrogen-bond donors (Lipinski definition) is 2. The number of aryl methyl sites for hydroxylation is 10. The van der Waals surface area contributed by atoms with Crippen LogP contribution in [0.3, 0.4) is 0 Å². The molecule has 0 spiro atoms. The SMILES string of the molecule is CC(C)OC(=O)[C@H]1CCC[C@H](Oc2ccc(-c3nnn(C)c3N(C)C(=O)OC3CCCC3)cc2)C1.CN(C(=O)OC1CCCC1)c1c(-c2ccc(O)cc2)nnn1C.COC(=O)c1c(-c2ccc(C)cc2)nnn1C.Cc1ccc(-c2nnn(C)c2C(=O)O)cc1.Cc1ccc(-c2nnn(C)c2CC(=O)OC2CCCC2)cc1.Cc1ccc(-c2nnn(C)c2N(C)C(=O)OC2CCCC2)cc1. The molecule has 37 nitrogen and oxygen atoms in total. The van der Waals surface area contributed by atoms with Crippen LogP contribution < -0.4 is 19.4 Å². The van der Waals surface area contributed by atoms with Gasteiger partial charge < -0.3 is 43.4 Å². The van der Waals surface area contributed by atoms with E-state index in [4.69, 9.17) is 38.3 Å². The van der Waals surface area contributed by atoms with Crippen molar-refractivity contribution in [3.05, 3.63) is 185 Å². The lowest BCUT2D eigenvalue weighted by molar-refractivity contribution is -0.154. The molecule has 6 aromatic carbocycles. The number of aromatic nitrogens is 18. The molecule has 17 rings (SSSR count). The molecule has 720 valence electrons. The predicted octanol–water partition coefficient (Wildman–Crippen LogP) is 16.8. The van der Waals surface area contributed by atoms with Gasteiger partial charge >= 0.3 is 42.2 Å². The van der Waals surface area contributed by atoms with Crippen LogP contribution in [0.4, 0.5) is 31.8 Å². The van der Waals surface area contributed by atoms with E-state index in [-0.39, 0.29) is 78.4 Å². The number of carboxylic acid groups (broad SMARTS) is 1. The van der Waals surface area contributed by atoms with Gasteiger partial charge in [-0.15, -0.1) is 30.6 Å². The number of carbonyl (C=O) groups is 7. The monoisotopic (exact) mass is 1860 g/mol. The molecule has 6 aromatic heterocycles. The fourth-order valence-electron chi connectivity index (χ4n) is 16.7. The molecule has 5 aliphatic rings. The summed E-state index contributed by atoms with van der Waals surface area (Å²) in [5, 5.41) is 67.0. The Morgan fingerprint density at radius 3 is 1.04 bits per heavy atom. The Bertz CT molecular complexity index is 5860. The minimum absolute atomic E-state index is 0.00302. The van der Waals surface area contributed by atoms with Gasteiger partial charge in [-0.1, -0.05) is 151 Å². The Morgan fingerprint density at radius 2 is 0.676 bits per heavy atom. The highest BCUT2D eigenvalue weighted by Crippen LogP contribution is 2.37. The third-order valence-corrected chi connectivity index (χ3v) is 24.1. The first-order chi connectivity index (χ1) is 65.3. The average Bonchev–Trinajstić information content (AvgIpc) is 1.61. The van der Waals surface area contributed by atoms with Crippen molar-refractivity contribution >= 4 is 59.6 Å². The van der Waals surface area contributed by atoms with Gasteiger partial charge in [-0.3, -0.25) is 29.0 Å². The van der Waals surface area contributed by atoms with Crippen molar-refractivity contribution in [1.82, 2.24) is 90.0 Å². The molecule has 0 aliphatic heterocycles. The minimum Gasteiger partial charge on any atom is -0.508 e. The molecule has 12 aromatic rings. The summed E-state index contributed by atoms with van der Waals surface area (Å²) in [6.07, 6.45) is 18.9. The highest BCUT2D eigenvalue weighted by Gasteiger charge is 2.34. The Balaban J connectivity index is 0.000000150. The van der Waals surface area contributed by atoms with E-state index in [9.17, 15) is 38.7 Å². The van der Waals surface area contributed by atoms with E-state index in [1.807, 2.05) is 170 Å². The van der Waals surface area contributed by atoms with Gasteiger partial charge in [0.2, 0.25) is 0 Å². The van der Waals surface area contributed by atoms with Crippen molar-refractivity contribution in [2.45, 2.75) is 213 Å². The number of amides is 3. The number of carbonyl (C=O) groups excluding carboxylic acids is 6. The van der Waals surface area contributed by atoms with Crippen molar-refractivity contribution < 1.29 is 76.9 Å². The van der Waals surface area contributed by atoms with Crippen molar-refractivity contribution in [3.63, 3.8) is 0 Å². The average molecular weight is 1860 g/mol. The van der Waals surface area contributed by atoms with Gasteiger partial charge in [-0.2, -0.15) is 0 Å². The number of esters is 3. The molecule has 2 N–H and O–H groups in total. The van der Waals surface area contributed by atoms with Crippen molar-refractivity contribution in [3.8, 4) is 79.0 Å². The number of ether oxygens (including phenoxy) is 7. The number of methoxy groups -OCH3 is 1. The van der Waals surface area contributed by atoms with E-state index in [0.717, 1.165) is 184 Å². The van der Waals surface area contributed by atoms with E-state index in [1.54, 1.807) is 94.7 Å². The van der Waals surface area contributed by atoms with Crippen molar-refractivity contribution in [2.24, 2.45) is 48.2 Å². The molecular weight excluding hydrogens is 1740 g/mol. The summed E-state index contributed by atoms with van der Waals surface area (Å²) < 4.78 is 47.7. The molecular formula is C99H123N21O16. The van der Waals surface area contributed by atoms with Crippen LogP contribution in [0.15, 0.2) is 146 Å². The highest BCUT2D eigenvalue weighted by atomic mass is 16.6. The standard InChI is InChI=1S/C26H36N4O5.C17H22N4O2.C17H21N3O2.C16H20N4O3.C12H13N3O2.C11H11N3O2/c1-17(2)33-25(31)19-8-7-11-22(16-19)34-21-14-12-18(13-15-21)23-24(30(4)28-27-23)29(3)26(32)35-20-9-5-6-10-20;1-12-8-10-13(11-9-12)15-16(21(3)19-18-15)20(2)17(22)23-14-6-4-5-7-14;1-12-7-9-13(10-8-12)17-15(20(2)19-18-17)11-16(21)22-14-5-3-4-6-14;1-19(16(22)23-13-5-3-4-6-13)15-14(17-18-20(15)2)11-7-9-12(21)10-8-11;1-8-4-6-9(7-5-8)10-11(12(16)17-3)15(2)14-13-10;1-7-3-5-8(6-4-7)9-10(11(15)16)14(2)13-12-9/h12-15,17,19-20,22H,5-11,16H2,1-4H3;8-11,14H,4-7H2,1-3H3;7-10,14H,3-6,11H2,1-2H3;7-10,13,21H,3-6H2,1-2H3;4-7H,1-3H3;3-6H,1-2H3,(H,15,16)/t19-,22-;;;;;/m0...../s1. The molecule has 6 heterocycles. The van der Waals surface area contributed by atoms with Crippen LogP contribution in [-0.4, -0.2) is 207 Å². The third kappa shape index (κ3) is 26.5. The zero-order chi connectivity index (χ0) is 97.4. The van der Waals surface area contributed by atoms with Gasteiger partial charge in [-0.25, -0.2) is 47.4 Å². The van der Waals surface area contributed by atoms with Gasteiger partial charge in [-0.05, 0) is 218 Å². The lowest BCUT2D eigenvalue weighted by Crippen LogP contribution is -2.32. The number of anilines is 3. The summed E-state index contributed by atoms with van der Waals surface area (Å²) in [5.74, 6) is 0.772. The predicted molar refractivity (Wildman–Crippen MR) is 509 cm³/mol. The Kier molecular flexibility index (Phi) is 35.0. The smallest absolute Gasteiger partial charge is 0.415 e. The lowest BCUT2D eigenvalue weighted by Gasteiger charge is -2.29. The number of aromatic carboxylic acids is 1. The quantitative estimate of drug-likeness (QED) is 0.0498. The third-order valence-electron chi connectivity index (χ3n) is 24.1. The van der Waals surface area contributed by atoms with E-state index >= 15 is 0 Å². The number of benzene rings is 6. The second-order valence-electron chi connectivity index (χ2n) is 35.0. The number of hydrogen-bond acceptors (Lipinski definition) is 27. The second kappa shape index (κ2) is 47.4. The van der Waals surface area contributed by atoms with Gasteiger partial charge in [0.05, 0.1) is 37.4 Å². The van der Waals surface area contributed by atoms with Crippen molar-refractivity contribution in [1.29, 1.82) is 0 Å². The molecule has 5 saturated carbocycles. The number of phenols is 1. The fraction of sp³-hybridized carbons (Fsp3) is 0.444. The summed E-state index contributed by atoms with van der Waals surface area (Å²) in [7, 11) is 16.7. The van der Waals surface area contributed by atoms with Gasteiger partial charge in [0.1, 0.15) is 70.1 Å². The van der Waals surface area contributed by atoms with E-state index in [2.05, 4.69) is 61.9 Å². The zero-order valence-corrected chi connectivity index (χ0v) is 80.2. The molecule has 136 heavy (non-hydrogen) atoms. The molecule has 0 bridgehead atoms. The van der Waals surface area contributed by atoms with Crippen molar-refractivity contribution in [2.75, 3.05) is 43.0 Å². The molecule has 5 fully saturated rings.